The molecule has 0 saturated heterocycles. The number of rotatable bonds is 16. The lowest BCUT2D eigenvalue weighted by atomic mass is 10.1. The zero-order valence-electron chi connectivity index (χ0n) is 38.6. The molecule has 2 aliphatic rings. The van der Waals surface area contributed by atoms with Crippen LogP contribution in [0.25, 0.3) is 90.7 Å². The van der Waals surface area contributed by atoms with E-state index in [4.69, 9.17) is 69.8 Å². The van der Waals surface area contributed by atoms with Gasteiger partial charge in [0.25, 0.3) is 0 Å². The van der Waals surface area contributed by atoms with Crippen LogP contribution in [0.5, 0.6) is 0 Å². The third-order valence-corrected chi connectivity index (χ3v) is 11.6. The summed E-state index contributed by atoms with van der Waals surface area (Å²) in [6.45, 7) is 17.3. The molecule has 0 aliphatic carbocycles. The summed E-state index contributed by atoms with van der Waals surface area (Å²) in [5, 5.41) is 0. The van der Waals surface area contributed by atoms with Gasteiger partial charge in [0, 0.05) is 0 Å². The number of aromatic amines is 2. The molecule has 0 aromatic carbocycles. The number of aryl methyl sites for hydroxylation is 8. The van der Waals surface area contributed by atoms with Crippen LogP contribution in [0.2, 0.25) is 0 Å². The van der Waals surface area contributed by atoms with E-state index in [-0.39, 0.29) is 0 Å². The van der Waals surface area contributed by atoms with Gasteiger partial charge in [-0.05, 0) is 51.4 Å². The molecule has 64 heavy (non-hydrogen) atoms. The van der Waals surface area contributed by atoms with Crippen LogP contribution in [-0.4, -0.2) is 79.7 Å². The van der Waals surface area contributed by atoms with Crippen molar-refractivity contribution in [3.05, 3.63) is 45.6 Å². The summed E-state index contributed by atoms with van der Waals surface area (Å²) in [4.78, 5) is 80.5. The van der Waals surface area contributed by atoms with Crippen molar-refractivity contribution in [3.8, 4) is 46.1 Å². The lowest BCUT2D eigenvalue weighted by molar-refractivity contribution is 0.800. The van der Waals surface area contributed by atoms with Crippen molar-refractivity contribution in [2.45, 2.75) is 158 Å². The summed E-state index contributed by atoms with van der Waals surface area (Å²) in [7, 11) is 0. The van der Waals surface area contributed by atoms with Gasteiger partial charge >= 0.3 is 0 Å². The first-order valence-electron chi connectivity index (χ1n) is 23.7. The molecule has 7 aromatic rings. The topological polar surface area (TPSA) is 212 Å². The standard InChI is InChI=1S/C48H58N16/c1-9-17-25-26(18-10-2)50-34-33(49-25)41-57-42(34)62-44-37-38(54-30(22-14-6)29(53-37)21-13-5)46(59-44)64-48-40-39(55-31(23-15-7)32(56-40)24-16-8)47(60-48)63-45-36-35(43(58-45)61-41)51-27(19-11-3)28(52-36)20-12-4/h9-24H2,1-8H3,(H2,57,58,59,60,61,62,63,64). The highest BCUT2D eigenvalue weighted by atomic mass is 15.1. The Labute approximate surface area is 373 Å². The van der Waals surface area contributed by atoms with E-state index in [1.165, 1.54) is 0 Å². The summed E-state index contributed by atoms with van der Waals surface area (Å²) in [6.07, 6.45) is 13.7. The molecule has 9 heterocycles. The summed E-state index contributed by atoms with van der Waals surface area (Å²) in [5.41, 5.74) is 14.1. The Morgan fingerprint density at radius 2 is 0.422 bits per heavy atom. The summed E-state index contributed by atoms with van der Waals surface area (Å²) in [6, 6.07) is 0. The molecular formula is C48H58N16. The molecule has 8 bridgehead atoms. The first-order valence-corrected chi connectivity index (χ1v) is 23.7. The highest BCUT2D eigenvalue weighted by Gasteiger charge is 2.29. The molecule has 2 N–H and O–H groups in total. The molecule has 7 aromatic heterocycles. The van der Waals surface area contributed by atoms with E-state index in [2.05, 4.69) is 65.4 Å². The zero-order chi connectivity index (χ0) is 44.5. The molecule has 2 aliphatic heterocycles. The van der Waals surface area contributed by atoms with Crippen LogP contribution in [0.15, 0.2) is 0 Å². The fourth-order valence-electron chi connectivity index (χ4n) is 8.73. The molecule has 0 spiro atoms. The van der Waals surface area contributed by atoms with E-state index >= 15 is 0 Å². The van der Waals surface area contributed by atoms with Crippen molar-refractivity contribution in [1.82, 2.24) is 79.7 Å². The van der Waals surface area contributed by atoms with E-state index in [0.717, 1.165) is 148 Å². The molecule has 0 atom stereocenters. The first-order chi connectivity index (χ1) is 31.3. The summed E-state index contributed by atoms with van der Waals surface area (Å²) >= 11 is 0. The molecule has 0 saturated carbocycles. The smallest absolute Gasteiger partial charge is 0.184 e. The van der Waals surface area contributed by atoms with E-state index in [1.807, 2.05) is 0 Å². The maximum absolute atomic E-state index is 5.28. The number of aromatic nitrogens is 16. The van der Waals surface area contributed by atoms with Crippen molar-refractivity contribution in [1.29, 1.82) is 0 Å². The van der Waals surface area contributed by atoms with Gasteiger partial charge in [-0.2, -0.15) is 0 Å². The third-order valence-electron chi connectivity index (χ3n) is 11.6. The monoisotopic (exact) mass is 859 g/mol. The fourth-order valence-corrected chi connectivity index (χ4v) is 8.73. The van der Waals surface area contributed by atoms with Gasteiger partial charge in [0.1, 0.15) is 44.8 Å². The van der Waals surface area contributed by atoms with Crippen LogP contribution in [0, 0.1) is 0 Å². The summed E-state index contributed by atoms with van der Waals surface area (Å²) < 4.78 is 0. The lowest BCUT2D eigenvalue weighted by Crippen LogP contribution is -2.05. The molecule has 0 fully saturated rings. The van der Waals surface area contributed by atoms with Crippen molar-refractivity contribution in [2.75, 3.05) is 0 Å². The highest BCUT2D eigenvalue weighted by Crippen LogP contribution is 2.36. The average molecular weight is 859 g/mol. The van der Waals surface area contributed by atoms with Gasteiger partial charge < -0.3 is 9.97 Å². The Hall–Kier alpha value is -6.32. The van der Waals surface area contributed by atoms with E-state index in [1.54, 1.807) is 0 Å². The molecule has 0 amide bonds. The predicted octanol–water partition coefficient (Wildman–Crippen LogP) is 9.65. The molecule has 16 heteroatoms. The fraction of sp³-hybridized carbons (Fsp3) is 0.500. The van der Waals surface area contributed by atoms with Crippen LogP contribution in [0.3, 0.4) is 0 Å². The number of hydrogen-bond acceptors (Lipinski definition) is 14. The van der Waals surface area contributed by atoms with Crippen molar-refractivity contribution in [3.63, 3.8) is 0 Å². The maximum Gasteiger partial charge on any atom is 0.184 e. The predicted molar refractivity (Wildman–Crippen MR) is 250 cm³/mol. The molecule has 9 rings (SSSR count). The minimum Gasteiger partial charge on any atom is -0.321 e. The molecule has 330 valence electrons. The number of nitrogens with one attached hydrogen (secondary N) is 2. The number of hydrogen-bond donors (Lipinski definition) is 2. The quantitative estimate of drug-likeness (QED) is 0.0926. The maximum atomic E-state index is 5.28. The molecular weight excluding hydrogens is 801 g/mol. The zero-order valence-corrected chi connectivity index (χ0v) is 38.6. The summed E-state index contributed by atoms with van der Waals surface area (Å²) in [5.74, 6) is 1.51. The van der Waals surface area contributed by atoms with Gasteiger partial charge in [-0.3, -0.25) is 0 Å². The average Bonchev–Trinajstić information content (AvgIpc) is 3.99. The van der Waals surface area contributed by atoms with Crippen LogP contribution < -0.4 is 0 Å². The second-order valence-corrected chi connectivity index (χ2v) is 16.9. The van der Waals surface area contributed by atoms with E-state index < -0.39 is 0 Å². The van der Waals surface area contributed by atoms with Crippen molar-refractivity contribution < 1.29 is 0 Å². The lowest BCUT2D eigenvalue weighted by Gasteiger charge is -2.09. The Morgan fingerprint density at radius 1 is 0.234 bits per heavy atom. The SMILES string of the molecule is CCCc1nc2c(nc1CCC)-c1nc-2nc2[nH]c(nc3nc(nc4[nH]c(n1)c1nc(CCC)c(CCC)nc41)-c1nc(CCC)c(CCC)nc1-3)c1nc(CCC)c(CCC)nc21. The van der Waals surface area contributed by atoms with Gasteiger partial charge in [-0.1, -0.05) is 107 Å². The Bertz CT molecular complexity index is 2670. The Balaban J connectivity index is 1.47. The molecule has 0 unspecified atom stereocenters. The third kappa shape index (κ3) is 7.84. The van der Waals surface area contributed by atoms with Gasteiger partial charge in [-0.25, -0.2) is 69.8 Å². The Morgan fingerprint density at radius 3 is 0.609 bits per heavy atom. The van der Waals surface area contributed by atoms with Gasteiger partial charge in [0.15, 0.2) is 45.9 Å². The second kappa shape index (κ2) is 18.4. The van der Waals surface area contributed by atoms with Crippen molar-refractivity contribution >= 4 is 44.7 Å². The van der Waals surface area contributed by atoms with Crippen LogP contribution in [-0.2, 0) is 51.4 Å². The van der Waals surface area contributed by atoms with Gasteiger partial charge in [0.05, 0.1) is 45.6 Å². The Kier molecular flexibility index (Phi) is 12.4. The normalized spacial score (nSPS) is 12.1. The number of fused-ring (bicyclic) bond motifs is 20. The van der Waals surface area contributed by atoms with Crippen LogP contribution in [0.1, 0.15) is 152 Å². The molecule has 16 nitrogen and oxygen atoms in total. The first kappa shape index (κ1) is 43.0. The van der Waals surface area contributed by atoms with Gasteiger partial charge in [0.2, 0.25) is 0 Å². The number of H-pyrrole nitrogens is 2. The van der Waals surface area contributed by atoms with Gasteiger partial charge in [-0.15, -0.1) is 0 Å². The van der Waals surface area contributed by atoms with E-state index in [9.17, 15) is 0 Å². The minimum atomic E-state index is 0.376. The largest absolute Gasteiger partial charge is 0.321 e. The van der Waals surface area contributed by atoms with E-state index in [0.29, 0.717) is 90.7 Å². The molecule has 0 radical (unpaired) electrons. The number of nitrogens with zero attached hydrogens (tertiary/aromatic N) is 14. The highest BCUT2D eigenvalue weighted by molar-refractivity contribution is 6.01. The second-order valence-electron chi connectivity index (χ2n) is 16.9. The minimum absolute atomic E-state index is 0.376. The van der Waals surface area contributed by atoms with Crippen LogP contribution in [0.4, 0.5) is 0 Å². The van der Waals surface area contributed by atoms with Crippen molar-refractivity contribution in [2.24, 2.45) is 0 Å². The van der Waals surface area contributed by atoms with Crippen LogP contribution >= 0.6 is 0 Å².